The first kappa shape index (κ1) is 19.5. The molecular formula is C18H17BrFN3O3S. The molecular weight excluding hydrogens is 437 g/mol. The molecule has 0 spiro atoms. The van der Waals surface area contributed by atoms with Gasteiger partial charge in [-0.15, -0.1) is 0 Å². The third-order valence-electron chi connectivity index (χ3n) is 4.02. The molecule has 1 atom stereocenters. The fourth-order valence-corrected chi connectivity index (χ4v) is 4.42. The maximum absolute atomic E-state index is 14.2. The Morgan fingerprint density at radius 1 is 1.22 bits per heavy atom. The van der Waals surface area contributed by atoms with Gasteiger partial charge in [0.15, 0.2) is 0 Å². The standard InChI is InChI=1S/C18H17BrFN3O3S/c1-23-10-9-21-18(23)17(12-3-6-14(26-2)7-4-12)22-27(24,25)16-11-13(19)5-8-15(16)20/h3-11,17,22H,1-2H3. The molecule has 27 heavy (non-hydrogen) atoms. The van der Waals surface area contributed by atoms with Crippen molar-refractivity contribution in [1.29, 1.82) is 0 Å². The lowest BCUT2D eigenvalue weighted by molar-refractivity contribution is 0.414. The van der Waals surface area contributed by atoms with Gasteiger partial charge in [-0.2, -0.15) is 4.72 Å². The summed E-state index contributed by atoms with van der Waals surface area (Å²) in [6.07, 6.45) is 3.28. The number of aryl methyl sites for hydroxylation is 1. The van der Waals surface area contributed by atoms with Gasteiger partial charge in [-0.25, -0.2) is 17.8 Å². The van der Waals surface area contributed by atoms with Crippen LogP contribution in [0.25, 0.3) is 0 Å². The maximum atomic E-state index is 14.2. The number of hydrogen-bond acceptors (Lipinski definition) is 4. The van der Waals surface area contributed by atoms with E-state index >= 15 is 0 Å². The van der Waals surface area contributed by atoms with Gasteiger partial charge in [0.2, 0.25) is 10.0 Å². The summed E-state index contributed by atoms with van der Waals surface area (Å²) >= 11 is 3.18. The molecule has 3 rings (SSSR count). The van der Waals surface area contributed by atoms with Crippen molar-refractivity contribution in [3.8, 4) is 5.75 Å². The van der Waals surface area contributed by atoms with Crippen LogP contribution in [0.2, 0.25) is 0 Å². The van der Waals surface area contributed by atoms with Crippen molar-refractivity contribution in [1.82, 2.24) is 14.3 Å². The molecule has 0 aliphatic heterocycles. The van der Waals surface area contributed by atoms with Crippen LogP contribution >= 0.6 is 15.9 Å². The molecule has 1 heterocycles. The highest BCUT2D eigenvalue weighted by Crippen LogP contribution is 2.27. The number of rotatable bonds is 6. The van der Waals surface area contributed by atoms with Gasteiger partial charge < -0.3 is 9.30 Å². The van der Waals surface area contributed by atoms with Crippen molar-refractivity contribution >= 4 is 26.0 Å². The molecule has 3 aromatic rings. The predicted molar refractivity (Wildman–Crippen MR) is 102 cm³/mol. The number of methoxy groups -OCH3 is 1. The number of sulfonamides is 1. The monoisotopic (exact) mass is 453 g/mol. The molecule has 142 valence electrons. The highest BCUT2D eigenvalue weighted by atomic mass is 79.9. The Morgan fingerprint density at radius 2 is 1.93 bits per heavy atom. The van der Waals surface area contributed by atoms with Gasteiger partial charge >= 0.3 is 0 Å². The molecule has 0 aliphatic rings. The van der Waals surface area contributed by atoms with Crippen molar-refractivity contribution in [2.75, 3.05) is 7.11 Å². The van der Waals surface area contributed by atoms with Crippen molar-refractivity contribution in [3.05, 3.63) is 76.5 Å². The summed E-state index contributed by atoms with van der Waals surface area (Å²) in [4.78, 5) is 3.81. The van der Waals surface area contributed by atoms with Gasteiger partial charge in [0.05, 0.1) is 7.11 Å². The minimum absolute atomic E-state index is 0.440. The lowest BCUT2D eigenvalue weighted by Gasteiger charge is -2.20. The van der Waals surface area contributed by atoms with Crippen LogP contribution in [0.5, 0.6) is 5.75 Å². The number of ether oxygens (including phenoxy) is 1. The number of benzene rings is 2. The Labute approximate surface area is 165 Å². The lowest BCUT2D eigenvalue weighted by Crippen LogP contribution is -2.31. The third kappa shape index (κ3) is 4.20. The zero-order chi connectivity index (χ0) is 19.6. The molecule has 9 heteroatoms. The van der Waals surface area contributed by atoms with Gasteiger partial charge in [0.1, 0.15) is 28.3 Å². The summed E-state index contributed by atoms with van der Waals surface area (Å²) in [7, 11) is -0.856. The average molecular weight is 454 g/mol. The van der Waals surface area contributed by atoms with E-state index in [2.05, 4.69) is 25.6 Å². The zero-order valence-corrected chi connectivity index (χ0v) is 17.0. The van der Waals surface area contributed by atoms with E-state index in [1.54, 1.807) is 55.4 Å². The zero-order valence-electron chi connectivity index (χ0n) is 14.6. The fourth-order valence-electron chi connectivity index (χ4n) is 2.62. The summed E-state index contributed by atoms with van der Waals surface area (Å²) < 4.78 is 49.8. The largest absolute Gasteiger partial charge is 0.497 e. The SMILES string of the molecule is COc1ccc(C(NS(=O)(=O)c2cc(Br)ccc2F)c2nccn2C)cc1. The quantitative estimate of drug-likeness (QED) is 0.620. The Balaban J connectivity index is 2.05. The molecule has 0 aliphatic carbocycles. The minimum Gasteiger partial charge on any atom is -0.497 e. The van der Waals surface area contributed by atoms with Crippen molar-refractivity contribution in [3.63, 3.8) is 0 Å². The second-order valence-corrected chi connectivity index (χ2v) is 8.40. The minimum atomic E-state index is -4.16. The predicted octanol–water partition coefficient (Wildman–Crippen LogP) is 3.40. The Bertz CT molecular complexity index is 1050. The molecule has 0 fully saturated rings. The van der Waals surface area contributed by atoms with E-state index in [-0.39, 0.29) is 0 Å². The van der Waals surface area contributed by atoms with Crippen LogP contribution in [-0.2, 0) is 17.1 Å². The van der Waals surface area contributed by atoms with Gasteiger partial charge in [0, 0.05) is 23.9 Å². The second kappa shape index (κ2) is 7.79. The first-order chi connectivity index (χ1) is 12.8. The van der Waals surface area contributed by atoms with Crippen LogP contribution in [-0.4, -0.2) is 25.1 Å². The van der Waals surface area contributed by atoms with Crippen LogP contribution in [0, 0.1) is 5.82 Å². The smallest absolute Gasteiger partial charge is 0.244 e. The maximum Gasteiger partial charge on any atom is 0.244 e. The fraction of sp³-hybridized carbons (Fsp3) is 0.167. The van der Waals surface area contributed by atoms with E-state index in [4.69, 9.17) is 4.74 Å². The van der Waals surface area contributed by atoms with E-state index in [0.29, 0.717) is 21.6 Å². The van der Waals surface area contributed by atoms with Crippen LogP contribution < -0.4 is 9.46 Å². The molecule has 0 saturated heterocycles. The molecule has 0 saturated carbocycles. The van der Waals surface area contributed by atoms with Crippen LogP contribution in [0.4, 0.5) is 4.39 Å². The summed E-state index contributed by atoms with van der Waals surface area (Å²) in [6.45, 7) is 0. The molecule has 1 N–H and O–H groups in total. The van der Waals surface area contributed by atoms with E-state index in [9.17, 15) is 12.8 Å². The normalized spacial score (nSPS) is 12.7. The Kier molecular flexibility index (Phi) is 5.64. The van der Waals surface area contributed by atoms with E-state index in [1.807, 2.05) is 0 Å². The summed E-state index contributed by atoms with van der Waals surface area (Å²) in [6, 6.07) is 9.87. The van der Waals surface area contributed by atoms with Gasteiger partial charge in [-0.3, -0.25) is 0 Å². The van der Waals surface area contributed by atoms with Gasteiger partial charge in [0.25, 0.3) is 0 Å². The summed E-state index contributed by atoms with van der Waals surface area (Å²) in [5.41, 5.74) is 0.643. The molecule has 6 nitrogen and oxygen atoms in total. The third-order valence-corrected chi connectivity index (χ3v) is 5.95. The highest BCUT2D eigenvalue weighted by molar-refractivity contribution is 9.10. The molecule has 0 radical (unpaired) electrons. The molecule has 0 amide bonds. The van der Waals surface area contributed by atoms with Crippen LogP contribution in [0.15, 0.2) is 64.2 Å². The first-order valence-electron chi connectivity index (χ1n) is 7.90. The van der Waals surface area contributed by atoms with Crippen molar-refractivity contribution in [2.24, 2.45) is 7.05 Å². The van der Waals surface area contributed by atoms with E-state index in [1.165, 1.54) is 12.1 Å². The Morgan fingerprint density at radius 3 is 2.52 bits per heavy atom. The topological polar surface area (TPSA) is 73.2 Å². The van der Waals surface area contributed by atoms with Gasteiger partial charge in [-0.1, -0.05) is 28.1 Å². The van der Waals surface area contributed by atoms with Crippen LogP contribution in [0.3, 0.4) is 0 Å². The van der Waals surface area contributed by atoms with Crippen molar-refractivity contribution in [2.45, 2.75) is 10.9 Å². The lowest BCUT2D eigenvalue weighted by atomic mass is 10.1. The molecule has 2 aromatic carbocycles. The summed E-state index contributed by atoms with van der Waals surface area (Å²) in [5.74, 6) is 0.274. The number of aromatic nitrogens is 2. The number of imidazole rings is 1. The number of halogens is 2. The Hall–Kier alpha value is -2.23. The number of nitrogens with one attached hydrogen (secondary N) is 1. The molecule has 0 bridgehead atoms. The second-order valence-electron chi connectivity index (χ2n) is 5.80. The van der Waals surface area contributed by atoms with Crippen molar-refractivity contribution < 1.29 is 17.5 Å². The molecule has 1 unspecified atom stereocenters. The summed E-state index contributed by atoms with van der Waals surface area (Å²) in [5, 5.41) is 0. The van der Waals surface area contributed by atoms with Crippen LogP contribution in [0.1, 0.15) is 17.4 Å². The van der Waals surface area contributed by atoms with E-state index < -0.39 is 26.8 Å². The van der Waals surface area contributed by atoms with Gasteiger partial charge in [-0.05, 0) is 35.9 Å². The first-order valence-corrected chi connectivity index (χ1v) is 10.2. The highest BCUT2D eigenvalue weighted by Gasteiger charge is 2.28. The van der Waals surface area contributed by atoms with E-state index in [0.717, 1.165) is 6.07 Å². The number of nitrogens with zero attached hydrogens (tertiary/aromatic N) is 2. The average Bonchev–Trinajstić information content (AvgIpc) is 3.07. The number of hydrogen-bond donors (Lipinski definition) is 1. The molecule has 1 aromatic heterocycles.